The number of hydrogen-bond donors (Lipinski definition) is 1. The Labute approximate surface area is 82.6 Å². The Morgan fingerprint density at radius 3 is 2.93 bits per heavy atom. The van der Waals surface area contributed by atoms with Crippen molar-refractivity contribution in [3.8, 4) is 0 Å². The van der Waals surface area contributed by atoms with E-state index in [1.165, 1.54) is 0 Å². The fourth-order valence-electron chi connectivity index (χ4n) is 1.38. The van der Waals surface area contributed by atoms with Crippen molar-refractivity contribution in [1.82, 2.24) is 4.98 Å². The standard InChI is InChI=1S/C11H12N2O/c1-8-5-9(7-13-6-8)11(12)10-3-2-4-14-10/h2-7,11H,12H2,1H3. The van der Waals surface area contributed by atoms with Gasteiger partial charge in [0.2, 0.25) is 0 Å². The molecule has 0 fully saturated rings. The summed E-state index contributed by atoms with van der Waals surface area (Å²) in [5, 5.41) is 0. The lowest BCUT2D eigenvalue weighted by Crippen LogP contribution is -2.11. The van der Waals surface area contributed by atoms with Crippen LogP contribution >= 0.6 is 0 Å². The van der Waals surface area contributed by atoms with Crippen molar-refractivity contribution in [3.05, 3.63) is 53.7 Å². The molecule has 0 amide bonds. The van der Waals surface area contributed by atoms with Gasteiger partial charge in [-0.2, -0.15) is 0 Å². The van der Waals surface area contributed by atoms with Crippen LogP contribution in [0.1, 0.15) is 22.9 Å². The van der Waals surface area contributed by atoms with E-state index in [4.69, 9.17) is 10.2 Å². The number of aromatic nitrogens is 1. The van der Waals surface area contributed by atoms with Gasteiger partial charge in [0.1, 0.15) is 5.76 Å². The van der Waals surface area contributed by atoms with Gasteiger partial charge in [-0.3, -0.25) is 4.98 Å². The lowest BCUT2D eigenvalue weighted by atomic mass is 10.1. The highest BCUT2D eigenvalue weighted by atomic mass is 16.3. The number of hydrogen-bond acceptors (Lipinski definition) is 3. The summed E-state index contributed by atoms with van der Waals surface area (Å²) >= 11 is 0. The van der Waals surface area contributed by atoms with Crippen LogP contribution in [0.2, 0.25) is 0 Å². The van der Waals surface area contributed by atoms with Crippen molar-refractivity contribution in [2.75, 3.05) is 0 Å². The zero-order chi connectivity index (χ0) is 9.97. The third kappa shape index (κ3) is 1.67. The zero-order valence-corrected chi connectivity index (χ0v) is 7.97. The molecule has 0 saturated heterocycles. The van der Waals surface area contributed by atoms with Crippen molar-refractivity contribution in [2.24, 2.45) is 5.73 Å². The molecular weight excluding hydrogens is 176 g/mol. The maximum Gasteiger partial charge on any atom is 0.125 e. The number of aryl methyl sites for hydroxylation is 1. The molecule has 14 heavy (non-hydrogen) atoms. The monoisotopic (exact) mass is 188 g/mol. The fraction of sp³-hybridized carbons (Fsp3) is 0.182. The average molecular weight is 188 g/mol. The predicted molar refractivity (Wildman–Crippen MR) is 53.7 cm³/mol. The molecule has 2 aromatic heterocycles. The van der Waals surface area contributed by atoms with Gasteiger partial charge in [0.25, 0.3) is 0 Å². The Balaban J connectivity index is 2.32. The van der Waals surface area contributed by atoms with Crippen LogP contribution in [0.4, 0.5) is 0 Å². The molecule has 3 heteroatoms. The molecular formula is C11H12N2O. The van der Waals surface area contributed by atoms with E-state index in [1.54, 1.807) is 18.7 Å². The van der Waals surface area contributed by atoms with Crippen LogP contribution in [-0.4, -0.2) is 4.98 Å². The highest BCUT2D eigenvalue weighted by molar-refractivity contribution is 5.26. The Kier molecular flexibility index (Phi) is 2.33. The Bertz CT molecular complexity index is 409. The fourth-order valence-corrected chi connectivity index (χ4v) is 1.38. The molecule has 0 aliphatic rings. The normalized spacial score (nSPS) is 12.7. The van der Waals surface area contributed by atoms with E-state index < -0.39 is 0 Å². The van der Waals surface area contributed by atoms with Crippen LogP contribution in [0.25, 0.3) is 0 Å². The number of pyridine rings is 1. The predicted octanol–water partition coefficient (Wildman–Crippen LogP) is 2.03. The summed E-state index contributed by atoms with van der Waals surface area (Å²) < 4.78 is 5.24. The van der Waals surface area contributed by atoms with Crippen LogP contribution in [0, 0.1) is 6.92 Å². The van der Waals surface area contributed by atoms with Gasteiger partial charge in [-0.25, -0.2) is 0 Å². The van der Waals surface area contributed by atoms with E-state index in [1.807, 2.05) is 25.1 Å². The van der Waals surface area contributed by atoms with Gasteiger partial charge in [-0.15, -0.1) is 0 Å². The third-order valence-corrected chi connectivity index (χ3v) is 2.10. The molecule has 0 bridgehead atoms. The topological polar surface area (TPSA) is 52.0 Å². The third-order valence-electron chi connectivity index (χ3n) is 2.10. The van der Waals surface area contributed by atoms with Crippen LogP contribution in [0.5, 0.6) is 0 Å². The largest absolute Gasteiger partial charge is 0.467 e. The second-order valence-electron chi connectivity index (χ2n) is 3.29. The van der Waals surface area contributed by atoms with Crippen molar-refractivity contribution < 1.29 is 4.42 Å². The molecule has 2 rings (SSSR count). The zero-order valence-electron chi connectivity index (χ0n) is 7.97. The molecule has 0 saturated carbocycles. The molecule has 1 unspecified atom stereocenters. The molecule has 3 nitrogen and oxygen atoms in total. The smallest absolute Gasteiger partial charge is 0.125 e. The Morgan fingerprint density at radius 1 is 1.43 bits per heavy atom. The first-order valence-corrected chi connectivity index (χ1v) is 4.48. The number of furan rings is 1. The Morgan fingerprint density at radius 2 is 2.29 bits per heavy atom. The minimum atomic E-state index is -0.225. The molecule has 0 aliphatic carbocycles. The summed E-state index contributed by atoms with van der Waals surface area (Å²) in [6.45, 7) is 1.99. The van der Waals surface area contributed by atoms with Crippen LogP contribution in [0.3, 0.4) is 0 Å². The van der Waals surface area contributed by atoms with E-state index in [0.29, 0.717) is 0 Å². The summed E-state index contributed by atoms with van der Waals surface area (Å²) in [5.74, 6) is 0.761. The minimum absolute atomic E-state index is 0.225. The maximum atomic E-state index is 6.00. The van der Waals surface area contributed by atoms with Crippen molar-refractivity contribution in [3.63, 3.8) is 0 Å². The van der Waals surface area contributed by atoms with Gasteiger partial charge in [0, 0.05) is 12.4 Å². The average Bonchev–Trinajstić information content (AvgIpc) is 2.69. The molecule has 0 radical (unpaired) electrons. The molecule has 2 N–H and O–H groups in total. The minimum Gasteiger partial charge on any atom is -0.467 e. The van der Waals surface area contributed by atoms with E-state index in [-0.39, 0.29) is 6.04 Å². The summed E-state index contributed by atoms with van der Waals surface area (Å²) in [5.41, 5.74) is 8.07. The van der Waals surface area contributed by atoms with Crippen LogP contribution in [0.15, 0.2) is 41.3 Å². The molecule has 2 aromatic rings. The summed E-state index contributed by atoms with van der Waals surface area (Å²) in [4.78, 5) is 4.09. The van der Waals surface area contributed by atoms with E-state index in [2.05, 4.69) is 4.98 Å². The van der Waals surface area contributed by atoms with E-state index in [0.717, 1.165) is 16.9 Å². The van der Waals surface area contributed by atoms with E-state index in [9.17, 15) is 0 Å². The van der Waals surface area contributed by atoms with Gasteiger partial charge in [0.15, 0.2) is 0 Å². The SMILES string of the molecule is Cc1cncc(C(N)c2ccco2)c1. The molecule has 0 aromatic carbocycles. The number of rotatable bonds is 2. The first kappa shape index (κ1) is 8.97. The molecule has 0 spiro atoms. The van der Waals surface area contributed by atoms with Crippen molar-refractivity contribution >= 4 is 0 Å². The number of nitrogens with two attached hydrogens (primary N) is 1. The molecule has 72 valence electrons. The second-order valence-corrected chi connectivity index (χ2v) is 3.29. The highest BCUT2D eigenvalue weighted by Gasteiger charge is 2.11. The lowest BCUT2D eigenvalue weighted by Gasteiger charge is -2.08. The quantitative estimate of drug-likeness (QED) is 0.784. The molecule has 0 aliphatic heterocycles. The first-order chi connectivity index (χ1) is 6.77. The van der Waals surface area contributed by atoms with Crippen molar-refractivity contribution in [2.45, 2.75) is 13.0 Å². The van der Waals surface area contributed by atoms with Gasteiger partial charge in [-0.05, 0) is 30.2 Å². The number of nitrogens with zero attached hydrogens (tertiary/aromatic N) is 1. The van der Waals surface area contributed by atoms with Gasteiger partial charge < -0.3 is 10.2 Å². The van der Waals surface area contributed by atoms with E-state index >= 15 is 0 Å². The summed E-state index contributed by atoms with van der Waals surface area (Å²) in [6, 6.07) is 5.49. The maximum absolute atomic E-state index is 6.00. The molecule has 2 heterocycles. The van der Waals surface area contributed by atoms with Gasteiger partial charge in [0.05, 0.1) is 12.3 Å². The van der Waals surface area contributed by atoms with Crippen LogP contribution < -0.4 is 5.73 Å². The summed E-state index contributed by atoms with van der Waals surface area (Å²) in [6.07, 6.45) is 5.19. The van der Waals surface area contributed by atoms with Gasteiger partial charge in [-0.1, -0.05) is 6.07 Å². The second kappa shape index (κ2) is 3.64. The van der Waals surface area contributed by atoms with Crippen molar-refractivity contribution in [1.29, 1.82) is 0 Å². The Hall–Kier alpha value is -1.61. The first-order valence-electron chi connectivity index (χ1n) is 4.48. The summed E-state index contributed by atoms with van der Waals surface area (Å²) in [7, 11) is 0. The molecule has 1 atom stereocenters. The van der Waals surface area contributed by atoms with Crippen LogP contribution in [-0.2, 0) is 0 Å². The lowest BCUT2D eigenvalue weighted by molar-refractivity contribution is 0.489. The highest BCUT2D eigenvalue weighted by Crippen LogP contribution is 2.19. The van der Waals surface area contributed by atoms with Gasteiger partial charge >= 0.3 is 0 Å².